The van der Waals surface area contributed by atoms with Crippen LogP contribution in [0.3, 0.4) is 0 Å². The molecule has 1 saturated heterocycles. The molecule has 1 aliphatic rings. The van der Waals surface area contributed by atoms with E-state index >= 15 is 0 Å². The smallest absolute Gasteiger partial charge is 0.0728 e. The van der Waals surface area contributed by atoms with Crippen LogP contribution in [0.15, 0.2) is 18.2 Å². The zero-order valence-corrected chi connectivity index (χ0v) is 8.84. The SMILES string of the molecule is CCc1cc(NC2COC2)ccc1C. The first kappa shape index (κ1) is 9.53. The van der Waals surface area contributed by atoms with E-state index in [2.05, 4.69) is 37.4 Å². The largest absolute Gasteiger partial charge is 0.378 e. The van der Waals surface area contributed by atoms with Crippen LogP contribution in [0.25, 0.3) is 0 Å². The van der Waals surface area contributed by atoms with E-state index in [0.29, 0.717) is 6.04 Å². The molecule has 1 aliphatic heterocycles. The van der Waals surface area contributed by atoms with Crippen LogP contribution in [0.2, 0.25) is 0 Å². The summed E-state index contributed by atoms with van der Waals surface area (Å²) in [6.07, 6.45) is 1.10. The molecule has 14 heavy (non-hydrogen) atoms. The van der Waals surface area contributed by atoms with Gasteiger partial charge in [0.15, 0.2) is 0 Å². The lowest BCUT2D eigenvalue weighted by atomic mass is 10.1. The third-order valence-corrected chi connectivity index (χ3v) is 2.74. The molecule has 0 bridgehead atoms. The molecule has 1 fully saturated rings. The summed E-state index contributed by atoms with van der Waals surface area (Å²) in [5.41, 5.74) is 4.03. The van der Waals surface area contributed by atoms with Crippen LogP contribution in [-0.4, -0.2) is 19.3 Å². The minimum atomic E-state index is 0.516. The third kappa shape index (κ3) is 1.90. The van der Waals surface area contributed by atoms with Gasteiger partial charge in [0, 0.05) is 5.69 Å². The maximum atomic E-state index is 5.12. The fourth-order valence-electron chi connectivity index (χ4n) is 1.70. The van der Waals surface area contributed by atoms with Gasteiger partial charge >= 0.3 is 0 Å². The van der Waals surface area contributed by atoms with Crippen LogP contribution in [0, 0.1) is 6.92 Å². The second-order valence-corrected chi connectivity index (χ2v) is 3.87. The molecule has 2 rings (SSSR count). The lowest BCUT2D eigenvalue weighted by Gasteiger charge is -2.28. The summed E-state index contributed by atoms with van der Waals surface area (Å²) in [6, 6.07) is 7.09. The van der Waals surface area contributed by atoms with E-state index in [4.69, 9.17) is 4.74 Å². The van der Waals surface area contributed by atoms with E-state index in [9.17, 15) is 0 Å². The average molecular weight is 191 g/mol. The van der Waals surface area contributed by atoms with Crippen LogP contribution in [0.5, 0.6) is 0 Å². The number of ether oxygens (including phenoxy) is 1. The molecule has 1 heterocycles. The molecule has 0 atom stereocenters. The van der Waals surface area contributed by atoms with E-state index in [1.54, 1.807) is 0 Å². The van der Waals surface area contributed by atoms with Gasteiger partial charge in [-0.1, -0.05) is 13.0 Å². The van der Waals surface area contributed by atoms with Gasteiger partial charge in [-0.05, 0) is 36.6 Å². The highest BCUT2D eigenvalue weighted by molar-refractivity contribution is 5.49. The third-order valence-electron chi connectivity index (χ3n) is 2.74. The molecule has 0 aliphatic carbocycles. The minimum Gasteiger partial charge on any atom is -0.378 e. The lowest BCUT2D eigenvalue weighted by Crippen LogP contribution is -2.40. The van der Waals surface area contributed by atoms with Gasteiger partial charge in [-0.25, -0.2) is 0 Å². The van der Waals surface area contributed by atoms with E-state index < -0.39 is 0 Å². The summed E-state index contributed by atoms with van der Waals surface area (Å²) in [4.78, 5) is 0. The van der Waals surface area contributed by atoms with Gasteiger partial charge in [-0.3, -0.25) is 0 Å². The fourth-order valence-corrected chi connectivity index (χ4v) is 1.70. The molecule has 1 N–H and O–H groups in total. The number of aryl methyl sites for hydroxylation is 2. The highest BCUT2D eigenvalue weighted by Gasteiger charge is 2.17. The topological polar surface area (TPSA) is 21.3 Å². The Hall–Kier alpha value is -1.02. The van der Waals surface area contributed by atoms with E-state index in [1.807, 2.05) is 0 Å². The molecular weight excluding hydrogens is 174 g/mol. The maximum absolute atomic E-state index is 5.12. The number of anilines is 1. The molecular formula is C12H17NO. The zero-order valence-electron chi connectivity index (χ0n) is 8.84. The van der Waals surface area contributed by atoms with Gasteiger partial charge < -0.3 is 10.1 Å². The van der Waals surface area contributed by atoms with E-state index in [0.717, 1.165) is 19.6 Å². The van der Waals surface area contributed by atoms with Crippen molar-refractivity contribution in [3.63, 3.8) is 0 Å². The average Bonchev–Trinajstić information content (AvgIpc) is 2.14. The Morgan fingerprint density at radius 3 is 2.79 bits per heavy atom. The number of benzene rings is 1. The van der Waals surface area contributed by atoms with Crippen molar-refractivity contribution in [1.29, 1.82) is 0 Å². The number of nitrogens with one attached hydrogen (secondary N) is 1. The predicted octanol–water partition coefficient (Wildman–Crippen LogP) is 2.37. The van der Waals surface area contributed by atoms with Gasteiger partial charge in [0.05, 0.1) is 19.3 Å². The molecule has 2 heteroatoms. The van der Waals surface area contributed by atoms with Crippen molar-refractivity contribution in [3.05, 3.63) is 29.3 Å². The van der Waals surface area contributed by atoms with E-state index in [-0.39, 0.29) is 0 Å². The normalized spacial score (nSPS) is 16.4. The minimum absolute atomic E-state index is 0.516. The highest BCUT2D eigenvalue weighted by atomic mass is 16.5. The summed E-state index contributed by atoms with van der Waals surface area (Å²) in [5, 5.41) is 3.46. The zero-order chi connectivity index (χ0) is 9.97. The quantitative estimate of drug-likeness (QED) is 0.792. The van der Waals surface area contributed by atoms with Gasteiger partial charge in [0.2, 0.25) is 0 Å². The number of hydrogen-bond acceptors (Lipinski definition) is 2. The van der Waals surface area contributed by atoms with Crippen LogP contribution < -0.4 is 5.32 Å². The Bertz CT molecular complexity index is 318. The maximum Gasteiger partial charge on any atom is 0.0728 e. The summed E-state index contributed by atoms with van der Waals surface area (Å²) in [5.74, 6) is 0. The molecule has 0 saturated carbocycles. The number of hydrogen-bond donors (Lipinski definition) is 1. The molecule has 0 radical (unpaired) electrons. The molecule has 0 aromatic heterocycles. The van der Waals surface area contributed by atoms with Crippen molar-refractivity contribution in [1.82, 2.24) is 0 Å². The summed E-state index contributed by atoms with van der Waals surface area (Å²) in [6.45, 7) is 6.04. The first-order valence-electron chi connectivity index (χ1n) is 5.23. The van der Waals surface area contributed by atoms with Crippen molar-refractivity contribution < 1.29 is 4.74 Å². The molecule has 0 unspecified atom stereocenters. The van der Waals surface area contributed by atoms with Crippen molar-refractivity contribution in [2.24, 2.45) is 0 Å². The second kappa shape index (κ2) is 4.01. The lowest BCUT2D eigenvalue weighted by molar-refractivity contribution is 0.0211. The summed E-state index contributed by atoms with van der Waals surface area (Å²) < 4.78 is 5.12. The Balaban J connectivity index is 2.09. The number of rotatable bonds is 3. The Morgan fingerprint density at radius 2 is 2.21 bits per heavy atom. The molecule has 1 aromatic rings. The Labute approximate surface area is 85.3 Å². The van der Waals surface area contributed by atoms with E-state index in [1.165, 1.54) is 16.8 Å². The van der Waals surface area contributed by atoms with Gasteiger partial charge in [-0.2, -0.15) is 0 Å². The van der Waals surface area contributed by atoms with Crippen molar-refractivity contribution >= 4 is 5.69 Å². The van der Waals surface area contributed by atoms with Crippen LogP contribution in [0.4, 0.5) is 5.69 Å². The molecule has 1 aromatic carbocycles. The first-order chi connectivity index (χ1) is 6.79. The second-order valence-electron chi connectivity index (χ2n) is 3.87. The van der Waals surface area contributed by atoms with Gasteiger partial charge in [-0.15, -0.1) is 0 Å². The van der Waals surface area contributed by atoms with Crippen molar-refractivity contribution in [2.75, 3.05) is 18.5 Å². The first-order valence-corrected chi connectivity index (χ1v) is 5.23. The fraction of sp³-hybridized carbons (Fsp3) is 0.500. The summed E-state index contributed by atoms with van der Waals surface area (Å²) >= 11 is 0. The Kier molecular flexibility index (Phi) is 2.73. The van der Waals surface area contributed by atoms with Crippen molar-refractivity contribution in [2.45, 2.75) is 26.3 Å². The Morgan fingerprint density at radius 1 is 1.43 bits per heavy atom. The molecule has 0 amide bonds. The van der Waals surface area contributed by atoms with Crippen molar-refractivity contribution in [3.8, 4) is 0 Å². The highest BCUT2D eigenvalue weighted by Crippen LogP contribution is 2.18. The van der Waals surface area contributed by atoms with Crippen LogP contribution >= 0.6 is 0 Å². The van der Waals surface area contributed by atoms with Crippen LogP contribution in [0.1, 0.15) is 18.1 Å². The standard InChI is InChI=1S/C12H17NO/c1-3-10-6-11(5-4-9(10)2)13-12-7-14-8-12/h4-6,12-13H,3,7-8H2,1-2H3. The van der Waals surface area contributed by atoms with Crippen LogP contribution in [-0.2, 0) is 11.2 Å². The molecule has 0 spiro atoms. The predicted molar refractivity (Wildman–Crippen MR) is 58.8 cm³/mol. The summed E-state index contributed by atoms with van der Waals surface area (Å²) in [7, 11) is 0. The molecule has 76 valence electrons. The van der Waals surface area contributed by atoms with Gasteiger partial charge in [0.1, 0.15) is 0 Å². The molecule has 2 nitrogen and oxygen atoms in total. The monoisotopic (exact) mass is 191 g/mol. The van der Waals surface area contributed by atoms with Gasteiger partial charge in [0.25, 0.3) is 0 Å².